The lowest BCUT2D eigenvalue weighted by Crippen LogP contribution is -1.96. The Kier molecular flexibility index (Phi) is 4.09. The van der Waals surface area contributed by atoms with Crippen LogP contribution in [0.25, 0.3) is 0 Å². The molecule has 2 rings (SSSR count). The Balaban J connectivity index is 2.05. The van der Waals surface area contributed by atoms with Crippen molar-refractivity contribution in [3.8, 4) is 0 Å². The van der Waals surface area contributed by atoms with Crippen LogP contribution in [0.3, 0.4) is 0 Å². The van der Waals surface area contributed by atoms with Crippen molar-refractivity contribution in [2.45, 2.75) is 19.8 Å². The summed E-state index contributed by atoms with van der Waals surface area (Å²) in [5, 5.41) is 3.16. The van der Waals surface area contributed by atoms with Gasteiger partial charge in [0.1, 0.15) is 0 Å². The van der Waals surface area contributed by atoms with E-state index in [2.05, 4.69) is 62.4 Å². The molecule has 0 saturated heterocycles. The number of anilines is 2. The van der Waals surface area contributed by atoms with E-state index in [-0.39, 0.29) is 0 Å². The Morgan fingerprint density at radius 1 is 1.12 bits per heavy atom. The number of aromatic nitrogens is 2. The Bertz CT molecular complexity index is 465. The second-order valence-electron chi connectivity index (χ2n) is 3.80. The van der Waals surface area contributed by atoms with E-state index in [0.29, 0.717) is 5.95 Å². The maximum absolute atomic E-state index is 4.16. The number of halogens is 1. The Morgan fingerprint density at radius 2 is 1.76 bits per heavy atom. The third kappa shape index (κ3) is 3.53. The van der Waals surface area contributed by atoms with Crippen LogP contribution in [0, 0.1) is 0 Å². The number of rotatable bonds is 4. The van der Waals surface area contributed by atoms with Crippen LogP contribution in [0.2, 0.25) is 0 Å². The highest BCUT2D eigenvalue weighted by Crippen LogP contribution is 2.15. The zero-order valence-corrected chi connectivity index (χ0v) is 11.2. The van der Waals surface area contributed by atoms with Gasteiger partial charge in [0.25, 0.3) is 0 Å². The van der Waals surface area contributed by atoms with Crippen LogP contribution < -0.4 is 5.32 Å². The van der Waals surface area contributed by atoms with Crippen LogP contribution in [0.15, 0.2) is 41.1 Å². The van der Waals surface area contributed by atoms with E-state index in [4.69, 9.17) is 0 Å². The molecule has 0 aliphatic heterocycles. The van der Waals surface area contributed by atoms with Gasteiger partial charge in [-0.1, -0.05) is 25.5 Å². The molecular formula is C13H14BrN3. The number of nitrogens with one attached hydrogen (secondary N) is 1. The minimum Gasteiger partial charge on any atom is -0.324 e. The Hall–Kier alpha value is -1.42. The standard InChI is InChI=1S/C13H14BrN3/c1-2-3-10-4-6-12(7-5-10)17-13-15-8-11(14)9-16-13/h4-9H,2-3H2,1H3,(H,15,16,17). The van der Waals surface area contributed by atoms with Gasteiger partial charge in [-0.2, -0.15) is 0 Å². The van der Waals surface area contributed by atoms with Crippen LogP contribution in [-0.2, 0) is 6.42 Å². The topological polar surface area (TPSA) is 37.8 Å². The van der Waals surface area contributed by atoms with Crippen molar-refractivity contribution in [1.29, 1.82) is 0 Å². The predicted octanol–water partition coefficient (Wildman–Crippen LogP) is 3.94. The summed E-state index contributed by atoms with van der Waals surface area (Å²) in [7, 11) is 0. The van der Waals surface area contributed by atoms with Crippen LogP contribution in [0.1, 0.15) is 18.9 Å². The maximum Gasteiger partial charge on any atom is 0.227 e. The molecule has 88 valence electrons. The van der Waals surface area contributed by atoms with E-state index in [1.54, 1.807) is 12.4 Å². The van der Waals surface area contributed by atoms with E-state index in [1.807, 2.05) is 0 Å². The third-order valence-corrected chi connectivity index (χ3v) is 2.78. The third-order valence-electron chi connectivity index (χ3n) is 2.37. The second-order valence-corrected chi connectivity index (χ2v) is 4.71. The molecule has 0 atom stereocenters. The lowest BCUT2D eigenvalue weighted by Gasteiger charge is -2.05. The van der Waals surface area contributed by atoms with Gasteiger partial charge in [-0.05, 0) is 40.0 Å². The maximum atomic E-state index is 4.16. The number of benzene rings is 1. The quantitative estimate of drug-likeness (QED) is 0.927. The smallest absolute Gasteiger partial charge is 0.227 e. The summed E-state index contributed by atoms with van der Waals surface area (Å²) >= 11 is 3.30. The predicted molar refractivity (Wildman–Crippen MR) is 73.5 cm³/mol. The molecule has 0 amide bonds. The normalized spacial score (nSPS) is 10.2. The summed E-state index contributed by atoms with van der Waals surface area (Å²) in [6.07, 6.45) is 5.74. The number of hydrogen-bond acceptors (Lipinski definition) is 3. The molecule has 1 heterocycles. The lowest BCUT2D eigenvalue weighted by atomic mass is 10.1. The van der Waals surface area contributed by atoms with Crippen molar-refractivity contribution >= 4 is 27.6 Å². The molecule has 1 aromatic carbocycles. The van der Waals surface area contributed by atoms with Gasteiger partial charge in [0.2, 0.25) is 5.95 Å². The number of hydrogen-bond donors (Lipinski definition) is 1. The summed E-state index contributed by atoms with van der Waals surface area (Å²) in [5.74, 6) is 0.608. The van der Waals surface area contributed by atoms with Crippen LogP contribution >= 0.6 is 15.9 Å². The largest absolute Gasteiger partial charge is 0.324 e. The van der Waals surface area contributed by atoms with Crippen molar-refractivity contribution in [1.82, 2.24) is 9.97 Å². The lowest BCUT2D eigenvalue weighted by molar-refractivity contribution is 0.922. The fourth-order valence-corrected chi connectivity index (χ4v) is 1.75. The minimum absolute atomic E-state index is 0.608. The SMILES string of the molecule is CCCc1ccc(Nc2ncc(Br)cn2)cc1. The molecular weight excluding hydrogens is 278 g/mol. The van der Waals surface area contributed by atoms with Crippen LogP contribution in [-0.4, -0.2) is 9.97 Å². The molecule has 0 saturated carbocycles. The summed E-state index contributed by atoms with van der Waals surface area (Å²) in [6, 6.07) is 8.36. The summed E-state index contributed by atoms with van der Waals surface area (Å²) in [6.45, 7) is 2.18. The highest BCUT2D eigenvalue weighted by Gasteiger charge is 1.97. The molecule has 0 aliphatic rings. The average molecular weight is 292 g/mol. The molecule has 3 nitrogen and oxygen atoms in total. The van der Waals surface area contributed by atoms with Crippen molar-refractivity contribution in [2.24, 2.45) is 0 Å². The molecule has 0 unspecified atom stereocenters. The van der Waals surface area contributed by atoms with E-state index < -0.39 is 0 Å². The van der Waals surface area contributed by atoms with Crippen molar-refractivity contribution < 1.29 is 0 Å². The Morgan fingerprint density at radius 3 is 2.35 bits per heavy atom. The molecule has 1 N–H and O–H groups in total. The van der Waals surface area contributed by atoms with Gasteiger partial charge in [-0.15, -0.1) is 0 Å². The fourth-order valence-electron chi connectivity index (χ4n) is 1.55. The van der Waals surface area contributed by atoms with E-state index >= 15 is 0 Å². The summed E-state index contributed by atoms with van der Waals surface area (Å²) in [4.78, 5) is 8.33. The first kappa shape index (κ1) is 12.0. The molecule has 0 bridgehead atoms. The van der Waals surface area contributed by atoms with Crippen molar-refractivity contribution in [2.75, 3.05) is 5.32 Å². The van der Waals surface area contributed by atoms with E-state index in [1.165, 1.54) is 12.0 Å². The number of nitrogens with zero attached hydrogens (tertiary/aromatic N) is 2. The zero-order chi connectivity index (χ0) is 12.1. The van der Waals surface area contributed by atoms with Crippen molar-refractivity contribution in [3.63, 3.8) is 0 Å². The number of aryl methyl sites for hydroxylation is 1. The Labute approximate surface area is 109 Å². The van der Waals surface area contributed by atoms with Crippen LogP contribution in [0.4, 0.5) is 11.6 Å². The van der Waals surface area contributed by atoms with E-state index in [0.717, 1.165) is 16.6 Å². The molecule has 0 aliphatic carbocycles. The first-order chi connectivity index (χ1) is 8.28. The van der Waals surface area contributed by atoms with Gasteiger partial charge in [0.15, 0.2) is 0 Å². The van der Waals surface area contributed by atoms with E-state index in [9.17, 15) is 0 Å². The molecule has 0 spiro atoms. The molecule has 0 fully saturated rings. The van der Waals surface area contributed by atoms with Crippen molar-refractivity contribution in [3.05, 3.63) is 46.7 Å². The first-order valence-electron chi connectivity index (χ1n) is 5.61. The highest BCUT2D eigenvalue weighted by molar-refractivity contribution is 9.10. The van der Waals surface area contributed by atoms with Gasteiger partial charge in [0.05, 0.1) is 4.47 Å². The monoisotopic (exact) mass is 291 g/mol. The molecule has 17 heavy (non-hydrogen) atoms. The van der Waals surface area contributed by atoms with Gasteiger partial charge < -0.3 is 5.32 Å². The average Bonchev–Trinajstić information content (AvgIpc) is 2.35. The molecule has 2 aromatic rings. The summed E-state index contributed by atoms with van der Waals surface area (Å²) in [5.41, 5.74) is 2.36. The molecule has 4 heteroatoms. The van der Waals surface area contributed by atoms with Gasteiger partial charge in [0, 0.05) is 18.1 Å². The summed E-state index contributed by atoms with van der Waals surface area (Å²) < 4.78 is 0.876. The van der Waals surface area contributed by atoms with Gasteiger partial charge >= 0.3 is 0 Å². The van der Waals surface area contributed by atoms with Gasteiger partial charge in [-0.25, -0.2) is 9.97 Å². The fraction of sp³-hybridized carbons (Fsp3) is 0.231. The van der Waals surface area contributed by atoms with Gasteiger partial charge in [-0.3, -0.25) is 0 Å². The second kappa shape index (κ2) is 5.77. The highest BCUT2D eigenvalue weighted by atomic mass is 79.9. The molecule has 1 aromatic heterocycles. The first-order valence-corrected chi connectivity index (χ1v) is 6.40. The minimum atomic E-state index is 0.608. The molecule has 0 radical (unpaired) electrons. The zero-order valence-electron chi connectivity index (χ0n) is 9.65. The van der Waals surface area contributed by atoms with Crippen LogP contribution in [0.5, 0.6) is 0 Å².